The van der Waals surface area contributed by atoms with Crippen molar-refractivity contribution in [3.8, 4) is 5.75 Å². The lowest BCUT2D eigenvalue weighted by Gasteiger charge is -2.35. The van der Waals surface area contributed by atoms with Crippen molar-refractivity contribution < 1.29 is 17.9 Å². The summed E-state index contributed by atoms with van der Waals surface area (Å²) in [7, 11) is 0. The standard InChI is InChI=1S/C15H19BrF3NO/c1-14(2)7-5-10(6-8-14)20-11-3-4-13(12(16)9-11)21-15(17,18)19/h3-4,9-10,20H,5-8H2,1-2H3. The molecular weight excluding hydrogens is 347 g/mol. The summed E-state index contributed by atoms with van der Waals surface area (Å²) < 4.78 is 40.8. The SMILES string of the molecule is CC1(C)CCC(Nc2ccc(OC(F)(F)F)c(Br)c2)CC1. The van der Waals surface area contributed by atoms with Gasteiger partial charge in [-0.2, -0.15) is 0 Å². The molecule has 1 aliphatic carbocycles. The lowest BCUT2D eigenvalue weighted by atomic mass is 9.75. The van der Waals surface area contributed by atoms with E-state index in [-0.39, 0.29) is 5.75 Å². The predicted octanol–water partition coefficient (Wildman–Crippen LogP) is 5.73. The maximum atomic E-state index is 12.2. The van der Waals surface area contributed by atoms with E-state index >= 15 is 0 Å². The molecule has 0 heterocycles. The Bertz CT molecular complexity index is 492. The van der Waals surface area contributed by atoms with E-state index in [1.54, 1.807) is 12.1 Å². The molecule has 1 aromatic carbocycles. The van der Waals surface area contributed by atoms with Crippen molar-refractivity contribution in [1.29, 1.82) is 0 Å². The van der Waals surface area contributed by atoms with Gasteiger partial charge in [-0.3, -0.25) is 0 Å². The number of halogens is 4. The van der Waals surface area contributed by atoms with Crippen LogP contribution in [0.5, 0.6) is 5.75 Å². The monoisotopic (exact) mass is 365 g/mol. The molecule has 118 valence electrons. The lowest BCUT2D eigenvalue weighted by molar-refractivity contribution is -0.274. The Morgan fingerprint density at radius 1 is 1.24 bits per heavy atom. The molecule has 0 saturated heterocycles. The second kappa shape index (κ2) is 6.07. The molecule has 1 N–H and O–H groups in total. The highest BCUT2D eigenvalue weighted by atomic mass is 79.9. The van der Waals surface area contributed by atoms with Gasteiger partial charge in [0.15, 0.2) is 0 Å². The molecule has 1 saturated carbocycles. The first kappa shape index (κ1) is 16.5. The summed E-state index contributed by atoms with van der Waals surface area (Å²) in [6.07, 6.45) is -0.217. The highest BCUT2D eigenvalue weighted by Gasteiger charge is 2.32. The average molecular weight is 366 g/mol. The normalized spacial score (nSPS) is 19.3. The summed E-state index contributed by atoms with van der Waals surface area (Å²) in [4.78, 5) is 0. The zero-order chi connectivity index (χ0) is 15.7. The van der Waals surface area contributed by atoms with E-state index in [0.717, 1.165) is 31.4 Å². The summed E-state index contributed by atoms with van der Waals surface area (Å²) in [5.41, 5.74) is 1.20. The Labute approximate surface area is 131 Å². The first-order valence-corrected chi connectivity index (χ1v) is 7.76. The van der Waals surface area contributed by atoms with Gasteiger partial charge in [0.05, 0.1) is 4.47 Å². The summed E-state index contributed by atoms with van der Waals surface area (Å²) in [5, 5.41) is 3.38. The minimum Gasteiger partial charge on any atom is -0.405 e. The van der Waals surface area contributed by atoms with Crippen LogP contribution in [-0.4, -0.2) is 12.4 Å². The number of rotatable bonds is 3. The fraction of sp³-hybridized carbons (Fsp3) is 0.600. The van der Waals surface area contributed by atoms with E-state index in [0.29, 0.717) is 15.9 Å². The number of benzene rings is 1. The third kappa shape index (κ3) is 5.09. The maximum Gasteiger partial charge on any atom is 0.573 e. The largest absolute Gasteiger partial charge is 0.573 e. The van der Waals surface area contributed by atoms with Crippen LogP contribution in [0.15, 0.2) is 22.7 Å². The summed E-state index contributed by atoms with van der Waals surface area (Å²) in [6.45, 7) is 4.53. The highest BCUT2D eigenvalue weighted by molar-refractivity contribution is 9.10. The lowest BCUT2D eigenvalue weighted by Crippen LogP contribution is -2.29. The minimum absolute atomic E-state index is 0.224. The zero-order valence-electron chi connectivity index (χ0n) is 12.1. The number of hydrogen-bond donors (Lipinski definition) is 1. The molecule has 0 bridgehead atoms. The van der Waals surface area contributed by atoms with Gasteiger partial charge in [-0.1, -0.05) is 13.8 Å². The van der Waals surface area contributed by atoms with Crippen LogP contribution in [0.25, 0.3) is 0 Å². The fourth-order valence-electron chi connectivity index (χ4n) is 2.58. The molecule has 2 rings (SSSR count). The van der Waals surface area contributed by atoms with Gasteiger partial charge in [0, 0.05) is 11.7 Å². The average Bonchev–Trinajstić information content (AvgIpc) is 2.34. The molecule has 1 aliphatic rings. The summed E-state index contributed by atoms with van der Waals surface area (Å²) in [6, 6.07) is 4.94. The Morgan fingerprint density at radius 3 is 2.38 bits per heavy atom. The number of anilines is 1. The molecule has 0 unspecified atom stereocenters. The Balaban J connectivity index is 1.98. The number of hydrogen-bond acceptors (Lipinski definition) is 2. The summed E-state index contributed by atoms with van der Waals surface area (Å²) >= 11 is 3.12. The molecule has 0 spiro atoms. The molecule has 0 amide bonds. The zero-order valence-corrected chi connectivity index (χ0v) is 13.6. The van der Waals surface area contributed by atoms with Crippen molar-refractivity contribution in [3.63, 3.8) is 0 Å². The van der Waals surface area contributed by atoms with Crippen molar-refractivity contribution in [2.24, 2.45) is 5.41 Å². The molecule has 0 aromatic heterocycles. The quantitative estimate of drug-likeness (QED) is 0.738. The second-order valence-electron chi connectivity index (χ2n) is 6.28. The maximum absolute atomic E-state index is 12.2. The predicted molar refractivity (Wildman–Crippen MR) is 80.5 cm³/mol. The number of alkyl halides is 3. The van der Waals surface area contributed by atoms with Crippen molar-refractivity contribution in [2.45, 2.75) is 51.9 Å². The van der Waals surface area contributed by atoms with Gasteiger partial charge < -0.3 is 10.1 Å². The molecular formula is C15H19BrF3NO. The van der Waals surface area contributed by atoms with Crippen LogP contribution < -0.4 is 10.1 Å². The van der Waals surface area contributed by atoms with E-state index in [9.17, 15) is 13.2 Å². The molecule has 0 radical (unpaired) electrons. The van der Waals surface area contributed by atoms with Gasteiger partial charge in [-0.25, -0.2) is 0 Å². The minimum atomic E-state index is -4.67. The van der Waals surface area contributed by atoms with Gasteiger partial charge in [0.25, 0.3) is 0 Å². The second-order valence-corrected chi connectivity index (χ2v) is 7.13. The van der Waals surface area contributed by atoms with Crippen LogP contribution in [0.4, 0.5) is 18.9 Å². The Kier molecular flexibility index (Phi) is 4.76. The van der Waals surface area contributed by atoms with Crippen LogP contribution >= 0.6 is 15.9 Å². The van der Waals surface area contributed by atoms with Crippen LogP contribution in [0.3, 0.4) is 0 Å². The topological polar surface area (TPSA) is 21.3 Å². The molecule has 0 aliphatic heterocycles. The van der Waals surface area contributed by atoms with Gasteiger partial charge >= 0.3 is 6.36 Å². The van der Waals surface area contributed by atoms with E-state index in [2.05, 4.69) is 39.8 Å². The molecule has 6 heteroatoms. The highest BCUT2D eigenvalue weighted by Crippen LogP contribution is 2.37. The van der Waals surface area contributed by atoms with E-state index in [1.165, 1.54) is 6.07 Å². The fourth-order valence-corrected chi connectivity index (χ4v) is 3.04. The Morgan fingerprint density at radius 2 is 1.86 bits per heavy atom. The third-order valence-corrected chi connectivity index (χ3v) is 4.49. The number of ether oxygens (including phenoxy) is 1. The van der Waals surface area contributed by atoms with Gasteiger partial charge in [-0.15, -0.1) is 13.2 Å². The summed E-state index contributed by atoms with van der Waals surface area (Å²) in [5.74, 6) is -0.224. The number of nitrogens with one attached hydrogen (secondary N) is 1. The van der Waals surface area contributed by atoms with Crippen LogP contribution in [0.2, 0.25) is 0 Å². The van der Waals surface area contributed by atoms with Gasteiger partial charge in [0.1, 0.15) is 5.75 Å². The molecule has 1 aromatic rings. The van der Waals surface area contributed by atoms with E-state index in [1.807, 2.05) is 0 Å². The Hall–Kier alpha value is -0.910. The third-order valence-electron chi connectivity index (χ3n) is 3.87. The molecule has 2 nitrogen and oxygen atoms in total. The molecule has 21 heavy (non-hydrogen) atoms. The van der Waals surface area contributed by atoms with Crippen molar-refractivity contribution in [1.82, 2.24) is 0 Å². The van der Waals surface area contributed by atoms with Gasteiger partial charge in [0.2, 0.25) is 0 Å². The van der Waals surface area contributed by atoms with Crippen molar-refractivity contribution in [3.05, 3.63) is 22.7 Å². The first-order chi connectivity index (χ1) is 9.65. The van der Waals surface area contributed by atoms with Crippen molar-refractivity contribution >= 4 is 21.6 Å². The van der Waals surface area contributed by atoms with Crippen molar-refractivity contribution in [2.75, 3.05) is 5.32 Å². The van der Waals surface area contributed by atoms with E-state index < -0.39 is 6.36 Å². The van der Waals surface area contributed by atoms with E-state index in [4.69, 9.17) is 0 Å². The van der Waals surface area contributed by atoms with Gasteiger partial charge in [-0.05, 0) is 65.2 Å². The molecule has 0 atom stereocenters. The van der Waals surface area contributed by atoms with Crippen LogP contribution in [0, 0.1) is 5.41 Å². The van der Waals surface area contributed by atoms with Crippen LogP contribution in [-0.2, 0) is 0 Å². The van der Waals surface area contributed by atoms with Crippen LogP contribution in [0.1, 0.15) is 39.5 Å². The smallest absolute Gasteiger partial charge is 0.405 e. The molecule has 1 fully saturated rings. The first-order valence-electron chi connectivity index (χ1n) is 6.96.